The van der Waals surface area contributed by atoms with E-state index in [2.05, 4.69) is 17.2 Å². The summed E-state index contributed by atoms with van der Waals surface area (Å²) in [6.45, 7) is 2.09. The number of rotatable bonds is 5. The first-order chi connectivity index (χ1) is 8.79. The number of thioether (sulfide) groups is 1. The average Bonchev–Trinajstić information content (AvgIpc) is 2.90. The zero-order valence-electron chi connectivity index (χ0n) is 10.7. The van der Waals surface area contributed by atoms with Gasteiger partial charge in [-0.2, -0.15) is 0 Å². The fourth-order valence-corrected chi connectivity index (χ4v) is 4.22. The summed E-state index contributed by atoms with van der Waals surface area (Å²) in [5, 5.41) is 6.24. The lowest BCUT2D eigenvalue weighted by Gasteiger charge is -2.24. The minimum absolute atomic E-state index is 0.0667. The molecule has 100 valence electrons. The number of aromatic nitrogens is 1. The third kappa shape index (κ3) is 3.99. The maximum Gasteiger partial charge on any atom is 0.239 e. The van der Waals surface area contributed by atoms with Gasteiger partial charge in [0.25, 0.3) is 0 Å². The number of anilines is 1. The van der Waals surface area contributed by atoms with Gasteiger partial charge in [0.1, 0.15) is 0 Å². The van der Waals surface area contributed by atoms with Gasteiger partial charge in [0.05, 0.1) is 5.25 Å². The van der Waals surface area contributed by atoms with Crippen LogP contribution in [-0.4, -0.2) is 21.4 Å². The normalized spacial score (nSPS) is 18.5. The topological polar surface area (TPSA) is 42.0 Å². The number of hydrogen-bond donors (Lipinski definition) is 1. The number of hydrogen-bond acceptors (Lipinski definition) is 4. The predicted octanol–water partition coefficient (Wildman–Crippen LogP) is 3.93. The molecule has 1 unspecified atom stereocenters. The maximum absolute atomic E-state index is 12.2. The van der Waals surface area contributed by atoms with Crippen LogP contribution in [0.4, 0.5) is 5.13 Å². The van der Waals surface area contributed by atoms with Crippen LogP contribution < -0.4 is 5.32 Å². The molecule has 0 saturated heterocycles. The van der Waals surface area contributed by atoms with Crippen molar-refractivity contribution in [3.63, 3.8) is 0 Å². The zero-order valence-corrected chi connectivity index (χ0v) is 12.4. The summed E-state index contributed by atoms with van der Waals surface area (Å²) in [7, 11) is 0. The third-order valence-electron chi connectivity index (χ3n) is 3.23. The largest absolute Gasteiger partial charge is 0.301 e. The minimum Gasteiger partial charge on any atom is -0.301 e. The lowest BCUT2D eigenvalue weighted by molar-refractivity contribution is -0.115. The fraction of sp³-hybridized carbons (Fsp3) is 0.692. The molecule has 1 atom stereocenters. The van der Waals surface area contributed by atoms with E-state index in [1.807, 2.05) is 17.1 Å². The molecule has 0 radical (unpaired) electrons. The van der Waals surface area contributed by atoms with Crippen LogP contribution in [0.3, 0.4) is 0 Å². The van der Waals surface area contributed by atoms with Crippen molar-refractivity contribution in [2.75, 3.05) is 5.32 Å². The smallest absolute Gasteiger partial charge is 0.239 e. The van der Waals surface area contributed by atoms with E-state index in [0.29, 0.717) is 10.4 Å². The molecule has 1 aromatic rings. The molecule has 1 fully saturated rings. The van der Waals surface area contributed by atoms with Crippen LogP contribution in [0.25, 0.3) is 0 Å². The van der Waals surface area contributed by atoms with Gasteiger partial charge in [0.2, 0.25) is 5.91 Å². The Kier molecular flexibility index (Phi) is 5.50. The molecule has 2 rings (SSSR count). The Hall–Kier alpha value is -0.550. The Labute approximate surface area is 117 Å². The summed E-state index contributed by atoms with van der Waals surface area (Å²) in [5.74, 6) is 0.114. The fourth-order valence-electron chi connectivity index (χ4n) is 2.25. The van der Waals surface area contributed by atoms with Crippen molar-refractivity contribution in [1.82, 2.24) is 4.98 Å². The lowest BCUT2D eigenvalue weighted by Crippen LogP contribution is -2.27. The molecule has 1 amide bonds. The third-order valence-corrected chi connectivity index (χ3v) is 5.66. The molecule has 0 spiro atoms. The predicted molar refractivity (Wildman–Crippen MR) is 79.3 cm³/mol. The molecule has 0 aromatic carbocycles. The van der Waals surface area contributed by atoms with E-state index in [4.69, 9.17) is 0 Å². The number of carbonyl (C=O) groups excluding carboxylic acids is 1. The number of thiazole rings is 1. The van der Waals surface area contributed by atoms with Crippen molar-refractivity contribution in [2.45, 2.75) is 55.9 Å². The van der Waals surface area contributed by atoms with Gasteiger partial charge in [-0.1, -0.05) is 26.2 Å². The van der Waals surface area contributed by atoms with Gasteiger partial charge in [-0.05, 0) is 19.3 Å². The first-order valence-electron chi connectivity index (χ1n) is 6.65. The van der Waals surface area contributed by atoms with Crippen LogP contribution >= 0.6 is 23.1 Å². The van der Waals surface area contributed by atoms with Crippen LogP contribution in [0, 0.1) is 0 Å². The van der Waals surface area contributed by atoms with Gasteiger partial charge < -0.3 is 5.32 Å². The SMILES string of the molecule is CCC(SC1CCCCC1)C(=O)Nc1nccs1. The standard InChI is InChI=1S/C13H20N2OS2/c1-2-11(18-10-6-4-3-5-7-10)12(16)15-13-14-8-9-17-13/h8-11H,2-7H2,1H3,(H,14,15,16). The summed E-state index contributed by atoms with van der Waals surface area (Å²) >= 11 is 3.33. The Morgan fingerprint density at radius 1 is 1.56 bits per heavy atom. The van der Waals surface area contributed by atoms with E-state index >= 15 is 0 Å². The van der Waals surface area contributed by atoms with Gasteiger partial charge in [0, 0.05) is 16.8 Å². The highest BCUT2D eigenvalue weighted by atomic mass is 32.2. The van der Waals surface area contributed by atoms with Crippen molar-refractivity contribution in [2.24, 2.45) is 0 Å². The van der Waals surface area contributed by atoms with E-state index in [0.717, 1.165) is 6.42 Å². The lowest BCUT2D eigenvalue weighted by atomic mass is 10.0. The van der Waals surface area contributed by atoms with Crippen molar-refractivity contribution in [3.8, 4) is 0 Å². The molecule has 3 nitrogen and oxygen atoms in total. The summed E-state index contributed by atoms with van der Waals surface area (Å²) in [5.41, 5.74) is 0. The summed E-state index contributed by atoms with van der Waals surface area (Å²) in [4.78, 5) is 16.2. The average molecular weight is 284 g/mol. The molecule has 1 N–H and O–H groups in total. The van der Waals surface area contributed by atoms with E-state index in [1.54, 1.807) is 6.20 Å². The second-order valence-electron chi connectivity index (χ2n) is 4.62. The Balaban J connectivity index is 1.85. The Morgan fingerprint density at radius 3 is 2.94 bits per heavy atom. The monoisotopic (exact) mass is 284 g/mol. The van der Waals surface area contributed by atoms with E-state index in [9.17, 15) is 4.79 Å². The van der Waals surface area contributed by atoms with Crippen LogP contribution in [0.1, 0.15) is 45.4 Å². The molecule has 1 heterocycles. The molecule has 1 aromatic heterocycles. The molecule has 0 aliphatic heterocycles. The maximum atomic E-state index is 12.2. The van der Waals surface area contributed by atoms with E-state index in [1.165, 1.54) is 43.4 Å². The molecular formula is C13H20N2OS2. The van der Waals surface area contributed by atoms with Crippen LogP contribution in [0.2, 0.25) is 0 Å². The van der Waals surface area contributed by atoms with Gasteiger partial charge in [-0.15, -0.1) is 23.1 Å². The molecule has 1 aliphatic carbocycles. The highest BCUT2D eigenvalue weighted by molar-refractivity contribution is 8.01. The van der Waals surface area contributed by atoms with Crippen LogP contribution in [-0.2, 0) is 4.79 Å². The van der Waals surface area contributed by atoms with Gasteiger partial charge in [-0.3, -0.25) is 4.79 Å². The molecule has 5 heteroatoms. The molecule has 1 aliphatic rings. The first kappa shape index (κ1) is 13.9. The highest BCUT2D eigenvalue weighted by Gasteiger charge is 2.23. The Morgan fingerprint density at radius 2 is 2.33 bits per heavy atom. The van der Waals surface area contributed by atoms with Crippen LogP contribution in [0.15, 0.2) is 11.6 Å². The number of amides is 1. The number of carbonyl (C=O) groups is 1. The number of nitrogens with one attached hydrogen (secondary N) is 1. The van der Waals surface area contributed by atoms with Crippen molar-refractivity contribution in [1.29, 1.82) is 0 Å². The van der Waals surface area contributed by atoms with Gasteiger partial charge >= 0.3 is 0 Å². The van der Waals surface area contributed by atoms with Crippen LogP contribution in [0.5, 0.6) is 0 Å². The summed E-state index contributed by atoms with van der Waals surface area (Å²) < 4.78 is 0. The molecule has 18 heavy (non-hydrogen) atoms. The van der Waals surface area contributed by atoms with Crippen molar-refractivity contribution >= 4 is 34.1 Å². The van der Waals surface area contributed by atoms with Crippen molar-refractivity contribution in [3.05, 3.63) is 11.6 Å². The quantitative estimate of drug-likeness (QED) is 0.891. The molecule has 0 bridgehead atoms. The minimum atomic E-state index is 0.0667. The second kappa shape index (κ2) is 7.14. The van der Waals surface area contributed by atoms with E-state index in [-0.39, 0.29) is 11.2 Å². The number of nitrogens with zero attached hydrogens (tertiary/aromatic N) is 1. The van der Waals surface area contributed by atoms with Gasteiger partial charge in [0.15, 0.2) is 5.13 Å². The second-order valence-corrected chi connectivity index (χ2v) is 7.02. The molecular weight excluding hydrogens is 264 g/mol. The summed E-state index contributed by atoms with van der Waals surface area (Å²) in [6.07, 6.45) is 9.15. The highest BCUT2D eigenvalue weighted by Crippen LogP contribution is 2.32. The van der Waals surface area contributed by atoms with Gasteiger partial charge in [-0.25, -0.2) is 4.98 Å². The zero-order chi connectivity index (χ0) is 12.8. The first-order valence-corrected chi connectivity index (χ1v) is 8.47. The Bertz CT molecular complexity index is 361. The molecule has 1 saturated carbocycles. The van der Waals surface area contributed by atoms with E-state index < -0.39 is 0 Å². The summed E-state index contributed by atoms with van der Waals surface area (Å²) in [6, 6.07) is 0. The van der Waals surface area contributed by atoms with Crippen molar-refractivity contribution < 1.29 is 4.79 Å².